The van der Waals surface area contributed by atoms with Crippen molar-refractivity contribution in [2.75, 3.05) is 7.11 Å². The molecule has 0 heterocycles. The summed E-state index contributed by atoms with van der Waals surface area (Å²) in [6, 6.07) is 17.0. The summed E-state index contributed by atoms with van der Waals surface area (Å²) in [5.74, 6) is 0.276. The van der Waals surface area contributed by atoms with Gasteiger partial charge < -0.3 is 14.3 Å². The van der Waals surface area contributed by atoms with E-state index in [1.807, 2.05) is 30.3 Å². The van der Waals surface area contributed by atoms with Crippen LogP contribution in [0.2, 0.25) is 0 Å². The quantitative estimate of drug-likeness (QED) is 0.581. The van der Waals surface area contributed by atoms with E-state index < -0.39 is 11.4 Å². The van der Waals surface area contributed by atoms with Crippen LogP contribution in [0.4, 0.5) is 0 Å². The van der Waals surface area contributed by atoms with Crippen molar-refractivity contribution < 1.29 is 19.1 Å². The molecule has 1 atom stereocenters. The molecule has 0 fully saturated rings. The molecule has 0 bridgehead atoms. The molecule has 0 saturated carbocycles. The highest BCUT2D eigenvalue weighted by molar-refractivity contribution is 5.85. The maximum Gasteiger partial charge on any atom is 0.316 e. The zero-order valence-corrected chi connectivity index (χ0v) is 13.3. The molecular weight excluding hydrogens is 292 g/mol. The summed E-state index contributed by atoms with van der Waals surface area (Å²) in [7, 11) is 1.32. The van der Waals surface area contributed by atoms with Crippen molar-refractivity contribution in [3.63, 3.8) is 0 Å². The normalized spacial score (nSPS) is 13.0. The molecule has 0 saturated heterocycles. The smallest absolute Gasteiger partial charge is 0.316 e. The molecule has 2 aromatic carbocycles. The van der Waals surface area contributed by atoms with E-state index in [2.05, 4.69) is 0 Å². The van der Waals surface area contributed by atoms with Crippen molar-refractivity contribution in [1.82, 2.24) is 0 Å². The maximum absolute atomic E-state index is 12.0. The molecule has 23 heavy (non-hydrogen) atoms. The van der Waals surface area contributed by atoms with E-state index in [1.165, 1.54) is 7.11 Å². The Morgan fingerprint density at radius 2 is 1.74 bits per heavy atom. The fourth-order valence-electron chi connectivity index (χ4n) is 2.37. The Bertz CT molecular complexity index is 649. The van der Waals surface area contributed by atoms with Gasteiger partial charge in [0.15, 0.2) is 0 Å². The fraction of sp³-hybridized carbons (Fsp3) is 0.263. The van der Waals surface area contributed by atoms with Gasteiger partial charge in [-0.15, -0.1) is 0 Å². The molecule has 0 N–H and O–H groups in total. The van der Waals surface area contributed by atoms with Gasteiger partial charge in [-0.2, -0.15) is 0 Å². The van der Waals surface area contributed by atoms with Crippen LogP contribution >= 0.6 is 0 Å². The Morgan fingerprint density at radius 3 is 2.30 bits per heavy atom. The fourth-order valence-corrected chi connectivity index (χ4v) is 2.37. The molecule has 0 aliphatic carbocycles. The molecule has 2 rings (SSSR count). The van der Waals surface area contributed by atoms with E-state index >= 15 is 0 Å². The summed E-state index contributed by atoms with van der Waals surface area (Å²) >= 11 is 0. The lowest BCUT2D eigenvalue weighted by Gasteiger charge is -2.25. The topological polar surface area (TPSA) is 52.6 Å². The highest BCUT2D eigenvalue weighted by Gasteiger charge is 2.36. The number of benzene rings is 2. The van der Waals surface area contributed by atoms with Gasteiger partial charge in [-0.05, 0) is 30.2 Å². The van der Waals surface area contributed by atoms with E-state index in [4.69, 9.17) is 9.47 Å². The van der Waals surface area contributed by atoms with Gasteiger partial charge >= 0.3 is 5.97 Å². The number of esters is 1. The summed E-state index contributed by atoms with van der Waals surface area (Å²) in [5, 5.41) is 0. The number of rotatable bonds is 7. The summed E-state index contributed by atoms with van der Waals surface area (Å²) < 4.78 is 10.5. The van der Waals surface area contributed by atoms with Gasteiger partial charge in [0, 0.05) is 6.42 Å². The van der Waals surface area contributed by atoms with Gasteiger partial charge in [0.1, 0.15) is 18.6 Å². The zero-order valence-electron chi connectivity index (χ0n) is 13.3. The van der Waals surface area contributed by atoms with Crippen LogP contribution in [-0.2, 0) is 26.3 Å². The number of ether oxygens (including phenoxy) is 2. The molecule has 0 aromatic heterocycles. The third kappa shape index (κ3) is 3.97. The van der Waals surface area contributed by atoms with Crippen LogP contribution in [0.5, 0.6) is 5.75 Å². The van der Waals surface area contributed by atoms with E-state index in [1.54, 1.807) is 31.2 Å². The van der Waals surface area contributed by atoms with E-state index in [0.717, 1.165) is 17.4 Å². The molecule has 2 aromatic rings. The Kier molecular flexibility index (Phi) is 5.52. The van der Waals surface area contributed by atoms with Crippen LogP contribution in [0.1, 0.15) is 24.5 Å². The Hall–Kier alpha value is -2.62. The minimum absolute atomic E-state index is 0.0733. The van der Waals surface area contributed by atoms with Crippen LogP contribution < -0.4 is 4.74 Å². The molecule has 0 radical (unpaired) electrons. The second kappa shape index (κ2) is 7.58. The Morgan fingerprint density at radius 1 is 1.09 bits per heavy atom. The molecular formula is C19H20O4. The first-order chi connectivity index (χ1) is 11.1. The predicted molar refractivity (Wildman–Crippen MR) is 87.3 cm³/mol. The first-order valence-electron chi connectivity index (χ1n) is 7.39. The van der Waals surface area contributed by atoms with Crippen LogP contribution in [0.3, 0.4) is 0 Å². The van der Waals surface area contributed by atoms with Gasteiger partial charge in [0.2, 0.25) is 0 Å². The van der Waals surface area contributed by atoms with Crippen molar-refractivity contribution in [2.24, 2.45) is 0 Å². The number of carbonyl (C=O) groups excluding carboxylic acids is 2. The number of hydrogen-bond donors (Lipinski definition) is 0. The summed E-state index contributed by atoms with van der Waals surface area (Å²) in [6.45, 7) is 2.18. The molecule has 0 aliphatic heterocycles. The minimum atomic E-state index is -0.978. The third-order valence-corrected chi connectivity index (χ3v) is 3.87. The number of methoxy groups -OCH3 is 1. The number of aldehydes is 1. The van der Waals surface area contributed by atoms with Crippen molar-refractivity contribution in [1.29, 1.82) is 0 Å². The summed E-state index contributed by atoms with van der Waals surface area (Å²) in [5.41, 5.74) is 0.828. The van der Waals surface area contributed by atoms with Gasteiger partial charge in [-0.3, -0.25) is 4.79 Å². The van der Waals surface area contributed by atoms with Gasteiger partial charge in [0.05, 0.1) is 12.5 Å². The van der Waals surface area contributed by atoms with Crippen LogP contribution in [-0.4, -0.2) is 19.4 Å². The molecule has 4 nitrogen and oxygen atoms in total. The van der Waals surface area contributed by atoms with E-state index in [9.17, 15) is 9.59 Å². The van der Waals surface area contributed by atoms with Gasteiger partial charge in [-0.1, -0.05) is 42.5 Å². The summed E-state index contributed by atoms with van der Waals surface area (Å²) in [6.07, 6.45) is 0.806. The molecule has 0 amide bonds. The first-order valence-corrected chi connectivity index (χ1v) is 7.39. The number of hydrogen-bond acceptors (Lipinski definition) is 4. The van der Waals surface area contributed by atoms with Crippen LogP contribution in [0.25, 0.3) is 0 Å². The average Bonchev–Trinajstić information content (AvgIpc) is 2.60. The zero-order chi connectivity index (χ0) is 16.7. The van der Waals surface area contributed by atoms with Crippen LogP contribution in [0.15, 0.2) is 54.6 Å². The third-order valence-electron chi connectivity index (χ3n) is 3.87. The summed E-state index contributed by atoms with van der Waals surface area (Å²) in [4.78, 5) is 22.9. The van der Waals surface area contributed by atoms with Crippen molar-refractivity contribution >= 4 is 12.3 Å². The predicted octanol–water partition coefficient (Wildman–Crippen LogP) is 3.29. The Balaban J connectivity index is 2.11. The molecule has 0 aliphatic rings. The maximum atomic E-state index is 12.0. The highest BCUT2D eigenvalue weighted by Crippen LogP contribution is 2.30. The molecule has 0 spiro atoms. The molecule has 0 unspecified atom stereocenters. The van der Waals surface area contributed by atoms with E-state index in [0.29, 0.717) is 12.4 Å². The highest BCUT2D eigenvalue weighted by atomic mass is 16.5. The Labute approximate surface area is 136 Å². The van der Waals surface area contributed by atoms with E-state index in [-0.39, 0.29) is 6.42 Å². The standard InChI is InChI=1S/C19H20O4/c1-19(12-13-20,18(21)22-2)16-8-10-17(11-9-16)23-14-15-6-4-3-5-7-15/h3-11,13H,12,14H2,1-2H3/t19-/m1/s1. The minimum Gasteiger partial charge on any atom is -0.489 e. The average molecular weight is 312 g/mol. The second-order valence-corrected chi connectivity index (χ2v) is 5.49. The molecule has 4 heteroatoms. The van der Waals surface area contributed by atoms with Crippen molar-refractivity contribution in [3.05, 3.63) is 65.7 Å². The van der Waals surface area contributed by atoms with Crippen molar-refractivity contribution in [3.8, 4) is 5.75 Å². The SMILES string of the molecule is COC(=O)[C@](C)(CC=O)c1ccc(OCc2ccccc2)cc1. The second-order valence-electron chi connectivity index (χ2n) is 5.49. The first kappa shape index (κ1) is 16.7. The lowest BCUT2D eigenvalue weighted by molar-refractivity contribution is -0.148. The monoisotopic (exact) mass is 312 g/mol. The number of carbonyl (C=O) groups is 2. The lowest BCUT2D eigenvalue weighted by Crippen LogP contribution is -2.34. The van der Waals surface area contributed by atoms with Gasteiger partial charge in [0.25, 0.3) is 0 Å². The van der Waals surface area contributed by atoms with Crippen molar-refractivity contribution in [2.45, 2.75) is 25.4 Å². The van der Waals surface area contributed by atoms with Gasteiger partial charge in [-0.25, -0.2) is 0 Å². The van der Waals surface area contributed by atoms with Crippen LogP contribution in [0, 0.1) is 0 Å². The lowest BCUT2D eigenvalue weighted by atomic mass is 9.80. The largest absolute Gasteiger partial charge is 0.489 e. The molecule has 120 valence electrons.